The SMILES string of the molecule is CNC(=O)[C@@H]1COC2(CN(C(=O)c3cnc(C)cn3)C2)CN1C. The van der Waals surface area contributed by atoms with Crippen molar-refractivity contribution in [3.63, 3.8) is 0 Å². The van der Waals surface area contributed by atoms with Gasteiger partial charge in [-0.25, -0.2) is 4.98 Å². The molecule has 0 aliphatic carbocycles. The zero-order valence-electron chi connectivity index (χ0n) is 13.6. The number of hydrogen-bond donors (Lipinski definition) is 1. The van der Waals surface area contributed by atoms with E-state index in [9.17, 15) is 9.59 Å². The molecular formula is C15H21N5O3. The molecule has 2 amide bonds. The number of morpholine rings is 1. The highest BCUT2D eigenvalue weighted by atomic mass is 16.5. The average molecular weight is 319 g/mol. The summed E-state index contributed by atoms with van der Waals surface area (Å²) in [7, 11) is 3.52. The van der Waals surface area contributed by atoms with Crippen LogP contribution >= 0.6 is 0 Å². The van der Waals surface area contributed by atoms with Gasteiger partial charge in [0.15, 0.2) is 0 Å². The molecule has 2 aliphatic rings. The molecule has 2 aliphatic heterocycles. The molecule has 23 heavy (non-hydrogen) atoms. The quantitative estimate of drug-likeness (QED) is 0.757. The van der Waals surface area contributed by atoms with Gasteiger partial charge in [-0.15, -0.1) is 0 Å². The van der Waals surface area contributed by atoms with Crippen molar-refractivity contribution >= 4 is 11.8 Å². The lowest BCUT2D eigenvalue weighted by molar-refractivity contribution is -0.187. The van der Waals surface area contributed by atoms with Crippen LogP contribution in [0.25, 0.3) is 0 Å². The predicted molar refractivity (Wildman–Crippen MR) is 81.8 cm³/mol. The Morgan fingerprint density at radius 2 is 2.04 bits per heavy atom. The standard InChI is InChI=1S/C15H21N5O3/c1-10-4-18-11(5-17-10)14(22)20-8-15(9-20)7-19(3)12(6-23-15)13(21)16-2/h4-5,12H,6-9H2,1-3H3,(H,16,21)/t12-/m0/s1. The Balaban J connectivity index is 1.59. The topological polar surface area (TPSA) is 87.7 Å². The number of rotatable bonds is 2. The highest BCUT2D eigenvalue weighted by Gasteiger charge is 2.51. The number of aromatic nitrogens is 2. The third kappa shape index (κ3) is 2.91. The fourth-order valence-corrected chi connectivity index (χ4v) is 3.09. The first-order valence-electron chi connectivity index (χ1n) is 7.58. The van der Waals surface area contributed by atoms with Crippen LogP contribution in [-0.2, 0) is 9.53 Å². The summed E-state index contributed by atoms with van der Waals surface area (Å²) in [5, 5.41) is 2.64. The van der Waals surface area contributed by atoms with Gasteiger partial charge in [-0.05, 0) is 14.0 Å². The summed E-state index contributed by atoms with van der Waals surface area (Å²) in [6.45, 7) is 3.80. The molecule has 1 aromatic heterocycles. The summed E-state index contributed by atoms with van der Waals surface area (Å²) < 4.78 is 5.91. The third-order valence-electron chi connectivity index (χ3n) is 4.41. The Morgan fingerprint density at radius 3 is 2.61 bits per heavy atom. The first kappa shape index (κ1) is 15.8. The number of amides is 2. The molecule has 1 atom stereocenters. The summed E-state index contributed by atoms with van der Waals surface area (Å²) in [6, 6.07) is -0.279. The number of likely N-dealkylation sites (N-methyl/N-ethyl adjacent to an activating group) is 2. The minimum atomic E-state index is -0.382. The fourth-order valence-electron chi connectivity index (χ4n) is 3.09. The first-order chi connectivity index (χ1) is 10.9. The number of hydrogen-bond acceptors (Lipinski definition) is 6. The smallest absolute Gasteiger partial charge is 0.274 e. The molecule has 1 spiro atoms. The predicted octanol–water partition coefficient (Wildman–Crippen LogP) is -0.944. The van der Waals surface area contributed by atoms with Crippen LogP contribution in [-0.4, -0.2) is 83.6 Å². The van der Waals surface area contributed by atoms with Gasteiger partial charge >= 0.3 is 0 Å². The lowest BCUT2D eigenvalue weighted by Crippen LogP contribution is -2.73. The van der Waals surface area contributed by atoms with Gasteiger partial charge in [0, 0.05) is 19.8 Å². The Labute approximate surface area is 134 Å². The van der Waals surface area contributed by atoms with E-state index in [1.54, 1.807) is 18.1 Å². The summed E-state index contributed by atoms with van der Waals surface area (Å²) in [4.78, 5) is 36.0. The number of nitrogens with zero attached hydrogens (tertiary/aromatic N) is 4. The average Bonchev–Trinajstić information content (AvgIpc) is 2.51. The maximum absolute atomic E-state index is 12.4. The van der Waals surface area contributed by atoms with Crippen molar-refractivity contribution in [1.29, 1.82) is 0 Å². The third-order valence-corrected chi connectivity index (χ3v) is 4.41. The minimum absolute atomic E-state index is 0.0514. The van der Waals surface area contributed by atoms with Gasteiger partial charge in [0.1, 0.15) is 17.3 Å². The monoisotopic (exact) mass is 319 g/mol. The number of aryl methyl sites for hydroxylation is 1. The second-order valence-electron chi connectivity index (χ2n) is 6.24. The summed E-state index contributed by atoms with van der Waals surface area (Å²) in [5.41, 5.74) is 0.740. The zero-order valence-corrected chi connectivity index (χ0v) is 13.6. The molecule has 0 bridgehead atoms. The summed E-state index contributed by atoms with van der Waals surface area (Å²) in [6.07, 6.45) is 3.08. The Hall–Kier alpha value is -2.06. The molecule has 2 saturated heterocycles. The Bertz CT molecular complexity index is 612. The molecule has 8 nitrogen and oxygen atoms in total. The first-order valence-corrected chi connectivity index (χ1v) is 7.58. The van der Waals surface area contributed by atoms with Gasteiger partial charge in [0.05, 0.1) is 31.6 Å². The second-order valence-corrected chi connectivity index (χ2v) is 6.24. The fraction of sp³-hybridized carbons (Fsp3) is 0.600. The Kier molecular flexibility index (Phi) is 4.03. The zero-order chi connectivity index (χ0) is 16.6. The molecule has 8 heteroatoms. The summed E-state index contributed by atoms with van der Waals surface area (Å²) >= 11 is 0. The van der Waals surface area contributed by atoms with E-state index >= 15 is 0 Å². The summed E-state index contributed by atoms with van der Waals surface area (Å²) in [5.74, 6) is -0.188. The van der Waals surface area contributed by atoms with Crippen molar-refractivity contribution < 1.29 is 14.3 Å². The van der Waals surface area contributed by atoms with Crippen LogP contribution in [0.5, 0.6) is 0 Å². The van der Waals surface area contributed by atoms with Crippen LogP contribution < -0.4 is 5.32 Å². The van der Waals surface area contributed by atoms with E-state index in [0.717, 1.165) is 5.69 Å². The van der Waals surface area contributed by atoms with Crippen LogP contribution in [0.1, 0.15) is 16.2 Å². The number of carbonyl (C=O) groups is 2. The van der Waals surface area contributed by atoms with E-state index in [1.807, 2.05) is 18.9 Å². The molecular weight excluding hydrogens is 298 g/mol. The van der Waals surface area contributed by atoms with Crippen LogP contribution in [0, 0.1) is 6.92 Å². The highest BCUT2D eigenvalue weighted by Crippen LogP contribution is 2.31. The number of nitrogens with one attached hydrogen (secondary N) is 1. The van der Waals surface area contributed by atoms with E-state index in [4.69, 9.17) is 4.74 Å². The highest BCUT2D eigenvalue weighted by molar-refractivity contribution is 5.92. The van der Waals surface area contributed by atoms with Crippen molar-refractivity contribution in [3.05, 3.63) is 23.8 Å². The molecule has 0 unspecified atom stereocenters. The van der Waals surface area contributed by atoms with Gasteiger partial charge in [-0.1, -0.05) is 0 Å². The number of carbonyl (C=O) groups excluding carboxylic acids is 2. The van der Waals surface area contributed by atoms with Crippen LogP contribution in [0.15, 0.2) is 12.4 Å². The lowest BCUT2D eigenvalue weighted by Gasteiger charge is -2.54. The van der Waals surface area contributed by atoms with Gasteiger partial charge in [0.25, 0.3) is 5.91 Å². The van der Waals surface area contributed by atoms with Gasteiger partial charge in [-0.2, -0.15) is 0 Å². The number of ether oxygens (including phenoxy) is 1. The second kappa shape index (κ2) is 5.86. The maximum Gasteiger partial charge on any atom is 0.274 e. The van der Waals surface area contributed by atoms with Gasteiger partial charge in [0.2, 0.25) is 5.91 Å². The molecule has 2 fully saturated rings. The minimum Gasteiger partial charge on any atom is -0.368 e. The maximum atomic E-state index is 12.4. The van der Waals surface area contributed by atoms with E-state index in [0.29, 0.717) is 31.9 Å². The van der Waals surface area contributed by atoms with Crippen LogP contribution in [0.4, 0.5) is 0 Å². The molecule has 3 heterocycles. The normalized spacial score (nSPS) is 23.4. The van der Waals surface area contributed by atoms with Crippen molar-refractivity contribution in [2.75, 3.05) is 40.3 Å². The van der Waals surface area contributed by atoms with E-state index < -0.39 is 0 Å². The van der Waals surface area contributed by atoms with E-state index in [1.165, 1.54) is 6.20 Å². The molecule has 0 saturated carbocycles. The molecule has 3 rings (SSSR count). The van der Waals surface area contributed by atoms with Crippen molar-refractivity contribution in [3.8, 4) is 0 Å². The molecule has 0 aromatic carbocycles. The van der Waals surface area contributed by atoms with Crippen molar-refractivity contribution in [2.24, 2.45) is 0 Å². The molecule has 1 N–H and O–H groups in total. The van der Waals surface area contributed by atoms with Crippen molar-refractivity contribution in [2.45, 2.75) is 18.6 Å². The lowest BCUT2D eigenvalue weighted by atomic mass is 9.90. The van der Waals surface area contributed by atoms with Crippen LogP contribution in [0.3, 0.4) is 0 Å². The number of likely N-dealkylation sites (tertiary alicyclic amines) is 1. The Morgan fingerprint density at radius 1 is 1.30 bits per heavy atom. The van der Waals surface area contributed by atoms with E-state index in [-0.39, 0.29) is 23.5 Å². The molecule has 124 valence electrons. The van der Waals surface area contributed by atoms with Gasteiger partial charge in [-0.3, -0.25) is 19.5 Å². The largest absolute Gasteiger partial charge is 0.368 e. The molecule has 0 radical (unpaired) electrons. The van der Waals surface area contributed by atoms with Crippen LogP contribution in [0.2, 0.25) is 0 Å². The van der Waals surface area contributed by atoms with Crippen molar-refractivity contribution in [1.82, 2.24) is 25.1 Å². The van der Waals surface area contributed by atoms with E-state index in [2.05, 4.69) is 15.3 Å². The molecule has 1 aromatic rings. The van der Waals surface area contributed by atoms with Gasteiger partial charge < -0.3 is 15.0 Å².